The molecule has 4 heteroatoms. The molecule has 118 valence electrons. The summed E-state index contributed by atoms with van der Waals surface area (Å²) in [5, 5.41) is 3.34. The molecule has 1 aliphatic rings. The van der Waals surface area contributed by atoms with Crippen molar-refractivity contribution in [2.75, 3.05) is 38.8 Å². The van der Waals surface area contributed by atoms with Crippen LogP contribution in [0.1, 0.15) is 37.7 Å². The molecule has 0 aromatic carbocycles. The molecule has 0 aliphatic heterocycles. The van der Waals surface area contributed by atoms with Gasteiger partial charge in [0.1, 0.15) is 5.82 Å². The molecule has 21 heavy (non-hydrogen) atoms. The Bertz CT molecular complexity index is 388. The van der Waals surface area contributed by atoms with Crippen molar-refractivity contribution >= 4 is 5.82 Å². The Kier molecular flexibility index (Phi) is 6.96. The van der Waals surface area contributed by atoms with E-state index in [9.17, 15) is 0 Å². The van der Waals surface area contributed by atoms with Crippen LogP contribution < -0.4 is 10.2 Å². The molecule has 0 bridgehead atoms. The lowest BCUT2D eigenvalue weighted by atomic mass is 9.89. The molecule has 4 nitrogen and oxygen atoms in total. The molecule has 1 aromatic heterocycles. The highest BCUT2D eigenvalue weighted by molar-refractivity contribution is 5.38. The van der Waals surface area contributed by atoms with E-state index in [1.807, 2.05) is 6.20 Å². The van der Waals surface area contributed by atoms with Crippen LogP contribution >= 0.6 is 0 Å². The van der Waals surface area contributed by atoms with Gasteiger partial charge in [0.2, 0.25) is 0 Å². The number of nitrogens with zero attached hydrogens (tertiary/aromatic N) is 2. The number of methoxy groups -OCH3 is 1. The van der Waals surface area contributed by atoms with Crippen molar-refractivity contribution in [1.82, 2.24) is 10.3 Å². The molecule has 1 saturated carbocycles. The predicted octanol–water partition coefficient (Wildman–Crippen LogP) is 2.83. The standard InChI is InChI=1S/C17H29N3O/c1-20(14-15-6-4-3-5-7-15)17-9-8-16(13-19-17)12-18-10-11-21-2/h8-9,13,15,18H,3-7,10-12,14H2,1-2H3. The van der Waals surface area contributed by atoms with E-state index >= 15 is 0 Å². The van der Waals surface area contributed by atoms with E-state index in [2.05, 4.69) is 34.4 Å². The highest BCUT2D eigenvalue weighted by Gasteiger charge is 2.15. The zero-order chi connectivity index (χ0) is 14.9. The lowest BCUT2D eigenvalue weighted by Crippen LogP contribution is -2.27. The number of pyridine rings is 1. The molecular formula is C17H29N3O. The summed E-state index contributed by atoms with van der Waals surface area (Å²) in [6, 6.07) is 4.30. The van der Waals surface area contributed by atoms with Crippen molar-refractivity contribution in [2.24, 2.45) is 5.92 Å². The highest BCUT2D eigenvalue weighted by Crippen LogP contribution is 2.25. The molecule has 0 atom stereocenters. The lowest BCUT2D eigenvalue weighted by molar-refractivity contribution is 0.199. The average Bonchev–Trinajstić information content (AvgIpc) is 2.53. The molecule has 2 rings (SSSR count). The molecule has 0 unspecified atom stereocenters. The quantitative estimate of drug-likeness (QED) is 0.747. The van der Waals surface area contributed by atoms with Gasteiger partial charge >= 0.3 is 0 Å². The van der Waals surface area contributed by atoms with E-state index in [0.717, 1.165) is 38.0 Å². The third-order valence-corrected chi connectivity index (χ3v) is 4.27. The molecule has 1 aromatic rings. The molecule has 1 heterocycles. The summed E-state index contributed by atoms with van der Waals surface area (Å²) >= 11 is 0. The molecule has 0 radical (unpaired) electrons. The van der Waals surface area contributed by atoms with Gasteiger partial charge in [-0.25, -0.2) is 4.98 Å². The van der Waals surface area contributed by atoms with Gasteiger partial charge in [-0.3, -0.25) is 0 Å². The van der Waals surface area contributed by atoms with Gasteiger partial charge in [-0.2, -0.15) is 0 Å². The highest BCUT2D eigenvalue weighted by atomic mass is 16.5. The maximum Gasteiger partial charge on any atom is 0.128 e. The molecule has 0 saturated heterocycles. The minimum absolute atomic E-state index is 0.746. The van der Waals surface area contributed by atoms with Gasteiger partial charge in [0.05, 0.1) is 6.61 Å². The third kappa shape index (κ3) is 5.64. The number of ether oxygens (including phenoxy) is 1. The minimum Gasteiger partial charge on any atom is -0.383 e. The number of nitrogens with one attached hydrogen (secondary N) is 1. The Balaban J connectivity index is 1.77. The van der Waals surface area contributed by atoms with Crippen LogP contribution in [0.5, 0.6) is 0 Å². The van der Waals surface area contributed by atoms with E-state index in [1.165, 1.54) is 37.7 Å². The van der Waals surface area contributed by atoms with E-state index in [-0.39, 0.29) is 0 Å². The number of rotatable bonds is 8. The van der Waals surface area contributed by atoms with Crippen molar-refractivity contribution in [3.63, 3.8) is 0 Å². The van der Waals surface area contributed by atoms with Gasteiger partial charge in [-0.15, -0.1) is 0 Å². The van der Waals surface area contributed by atoms with Crippen molar-refractivity contribution in [3.8, 4) is 0 Å². The molecule has 0 spiro atoms. The van der Waals surface area contributed by atoms with Crippen molar-refractivity contribution in [1.29, 1.82) is 0 Å². The summed E-state index contributed by atoms with van der Waals surface area (Å²) < 4.78 is 5.02. The first-order chi connectivity index (χ1) is 10.3. The van der Waals surface area contributed by atoms with Crippen molar-refractivity contribution < 1.29 is 4.74 Å². The summed E-state index contributed by atoms with van der Waals surface area (Å²) in [6.07, 6.45) is 8.96. The summed E-state index contributed by atoms with van der Waals surface area (Å²) in [7, 11) is 3.88. The van der Waals surface area contributed by atoms with Gasteiger partial charge in [-0.05, 0) is 30.4 Å². The van der Waals surface area contributed by atoms with E-state index < -0.39 is 0 Å². The fourth-order valence-corrected chi connectivity index (χ4v) is 3.00. The largest absolute Gasteiger partial charge is 0.383 e. The van der Waals surface area contributed by atoms with Gasteiger partial charge in [0.15, 0.2) is 0 Å². The topological polar surface area (TPSA) is 37.4 Å². The molecule has 1 N–H and O–H groups in total. The maximum atomic E-state index is 5.02. The van der Waals surface area contributed by atoms with Crippen LogP contribution in [0.4, 0.5) is 5.82 Å². The molecular weight excluding hydrogens is 262 g/mol. The zero-order valence-electron chi connectivity index (χ0n) is 13.5. The maximum absolute atomic E-state index is 5.02. The summed E-state index contributed by atoms with van der Waals surface area (Å²) in [5.41, 5.74) is 1.22. The SMILES string of the molecule is COCCNCc1ccc(N(C)CC2CCCCC2)nc1. The summed E-state index contributed by atoms with van der Waals surface area (Å²) in [5.74, 6) is 1.93. The van der Waals surface area contributed by atoms with Crippen molar-refractivity contribution in [3.05, 3.63) is 23.9 Å². The third-order valence-electron chi connectivity index (χ3n) is 4.27. The van der Waals surface area contributed by atoms with Crippen LogP contribution in [0, 0.1) is 5.92 Å². The lowest BCUT2D eigenvalue weighted by Gasteiger charge is -2.27. The van der Waals surface area contributed by atoms with Crippen LogP contribution in [0.15, 0.2) is 18.3 Å². The number of aromatic nitrogens is 1. The van der Waals surface area contributed by atoms with Crippen LogP contribution in [0.3, 0.4) is 0 Å². The number of hydrogen-bond acceptors (Lipinski definition) is 4. The van der Waals surface area contributed by atoms with Gasteiger partial charge in [-0.1, -0.05) is 25.3 Å². The number of anilines is 1. The van der Waals surface area contributed by atoms with E-state index in [0.29, 0.717) is 0 Å². The number of hydrogen-bond donors (Lipinski definition) is 1. The first kappa shape index (κ1) is 16.2. The smallest absolute Gasteiger partial charge is 0.128 e. The second kappa shape index (κ2) is 9.00. The summed E-state index contributed by atoms with van der Waals surface area (Å²) in [6.45, 7) is 3.61. The monoisotopic (exact) mass is 291 g/mol. The Labute approximate surface area is 128 Å². The second-order valence-electron chi connectivity index (χ2n) is 6.08. The van der Waals surface area contributed by atoms with Crippen molar-refractivity contribution in [2.45, 2.75) is 38.6 Å². The van der Waals surface area contributed by atoms with Gasteiger partial charge in [0.25, 0.3) is 0 Å². The van der Waals surface area contributed by atoms with Gasteiger partial charge in [0, 0.05) is 40.0 Å². The minimum atomic E-state index is 0.746. The first-order valence-corrected chi connectivity index (χ1v) is 8.15. The Morgan fingerprint density at radius 3 is 2.76 bits per heavy atom. The Morgan fingerprint density at radius 1 is 1.29 bits per heavy atom. The summed E-state index contributed by atoms with van der Waals surface area (Å²) in [4.78, 5) is 6.90. The molecule has 0 amide bonds. The molecule has 1 fully saturated rings. The first-order valence-electron chi connectivity index (χ1n) is 8.15. The van der Waals surface area contributed by atoms with Gasteiger partial charge < -0.3 is 15.0 Å². The fraction of sp³-hybridized carbons (Fsp3) is 0.706. The van der Waals surface area contributed by atoms with Crippen LogP contribution in [0.2, 0.25) is 0 Å². The van der Waals surface area contributed by atoms with Crippen LogP contribution in [-0.4, -0.2) is 38.8 Å². The average molecular weight is 291 g/mol. The fourth-order valence-electron chi connectivity index (χ4n) is 3.00. The normalized spacial score (nSPS) is 16.1. The Hall–Kier alpha value is -1.13. The van der Waals surface area contributed by atoms with Crippen LogP contribution in [-0.2, 0) is 11.3 Å². The second-order valence-corrected chi connectivity index (χ2v) is 6.08. The Morgan fingerprint density at radius 2 is 2.10 bits per heavy atom. The van der Waals surface area contributed by atoms with Crippen LogP contribution in [0.25, 0.3) is 0 Å². The zero-order valence-corrected chi connectivity index (χ0v) is 13.5. The predicted molar refractivity (Wildman–Crippen MR) is 87.7 cm³/mol. The molecule has 1 aliphatic carbocycles. The van der Waals surface area contributed by atoms with E-state index in [1.54, 1.807) is 7.11 Å². The van der Waals surface area contributed by atoms with E-state index in [4.69, 9.17) is 4.74 Å².